The Morgan fingerprint density at radius 1 is 0.970 bits per heavy atom. The van der Waals surface area contributed by atoms with Crippen LogP contribution in [-0.2, 0) is 11.4 Å². The van der Waals surface area contributed by atoms with Gasteiger partial charge in [0.2, 0.25) is 5.91 Å². The summed E-state index contributed by atoms with van der Waals surface area (Å²) >= 11 is 0. The molecule has 1 aromatic carbocycles. The molecule has 0 aliphatic heterocycles. The lowest BCUT2D eigenvalue weighted by Gasteiger charge is -2.35. The van der Waals surface area contributed by atoms with Gasteiger partial charge in [-0.05, 0) is 43.4 Å². The van der Waals surface area contributed by atoms with Gasteiger partial charge in [-0.1, -0.05) is 68.9 Å². The van der Waals surface area contributed by atoms with Gasteiger partial charge in [0.05, 0.1) is 5.69 Å². The molecule has 174 valence electrons. The third-order valence-corrected chi connectivity index (χ3v) is 7.35. The van der Waals surface area contributed by atoms with Crippen molar-refractivity contribution in [2.45, 2.75) is 89.7 Å². The zero-order valence-corrected chi connectivity index (χ0v) is 19.7. The summed E-state index contributed by atoms with van der Waals surface area (Å²) in [6.07, 6.45) is 13.9. The highest BCUT2D eigenvalue weighted by Crippen LogP contribution is 2.41. The van der Waals surface area contributed by atoms with E-state index in [1.807, 2.05) is 30.3 Å². The predicted octanol–water partition coefficient (Wildman–Crippen LogP) is 6.65. The van der Waals surface area contributed by atoms with E-state index in [2.05, 4.69) is 27.6 Å². The standard InChI is InChI=1S/C28H35N3O2/c1-21(32)31(24-16-9-4-10-17-24)28-26(23-14-7-3-8-15-23)29-27-25(18-11-19-30(27)28)33-20-22-12-5-2-6-13-22/h2,5-6,11-13,18-19,23-24H,3-4,7-10,14-17,20H2,1H3. The summed E-state index contributed by atoms with van der Waals surface area (Å²) in [5.74, 6) is 2.29. The van der Waals surface area contributed by atoms with Gasteiger partial charge >= 0.3 is 0 Å². The van der Waals surface area contributed by atoms with Crippen LogP contribution < -0.4 is 9.64 Å². The zero-order valence-electron chi connectivity index (χ0n) is 19.7. The number of imidazole rings is 1. The number of benzene rings is 1. The molecular formula is C28H35N3O2. The maximum atomic E-state index is 13.1. The number of pyridine rings is 1. The van der Waals surface area contributed by atoms with Gasteiger partial charge in [-0.25, -0.2) is 4.98 Å². The Hall–Kier alpha value is -2.82. The quantitative estimate of drug-likeness (QED) is 0.427. The van der Waals surface area contributed by atoms with Gasteiger partial charge in [0.1, 0.15) is 12.4 Å². The molecule has 0 unspecified atom stereocenters. The van der Waals surface area contributed by atoms with Crippen molar-refractivity contribution in [2.75, 3.05) is 4.90 Å². The topological polar surface area (TPSA) is 46.8 Å². The monoisotopic (exact) mass is 445 g/mol. The lowest BCUT2D eigenvalue weighted by atomic mass is 9.86. The van der Waals surface area contributed by atoms with E-state index in [1.165, 1.54) is 38.5 Å². The Kier molecular flexibility index (Phi) is 6.65. The maximum Gasteiger partial charge on any atom is 0.225 e. The van der Waals surface area contributed by atoms with Crippen molar-refractivity contribution < 1.29 is 9.53 Å². The molecule has 0 N–H and O–H groups in total. The van der Waals surface area contributed by atoms with Crippen LogP contribution >= 0.6 is 0 Å². The number of aromatic nitrogens is 2. The molecule has 5 rings (SSSR count). The first-order valence-electron chi connectivity index (χ1n) is 12.7. The van der Waals surface area contributed by atoms with E-state index in [9.17, 15) is 4.79 Å². The van der Waals surface area contributed by atoms with E-state index < -0.39 is 0 Å². The highest BCUT2D eigenvalue weighted by molar-refractivity contribution is 5.92. The summed E-state index contributed by atoms with van der Waals surface area (Å²) in [5.41, 5.74) is 3.05. The molecule has 3 aromatic rings. The summed E-state index contributed by atoms with van der Waals surface area (Å²) in [6.45, 7) is 2.22. The third kappa shape index (κ3) is 4.64. The number of fused-ring (bicyclic) bond motifs is 1. The molecule has 2 aliphatic carbocycles. The first kappa shape index (κ1) is 22.0. The Labute approximate surface area is 196 Å². The van der Waals surface area contributed by atoms with Crippen molar-refractivity contribution >= 4 is 17.4 Å². The molecule has 2 heterocycles. The lowest BCUT2D eigenvalue weighted by molar-refractivity contribution is -0.117. The molecular weight excluding hydrogens is 410 g/mol. The molecule has 5 heteroatoms. The maximum absolute atomic E-state index is 13.1. The zero-order chi connectivity index (χ0) is 22.6. The smallest absolute Gasteiger partial charge is 0.225 e. The van der Waals surface area contributed by atoms with E-state index in [4.69, 9.17) is 9.72 Å². The minimum atomic E-state index is 0.122. The van der Waals surface area contributed by atoms with Gasteiger partial charge in [0, 0.05) is 25.1 Å². The fourth-order valence-electron chi connectivity index (χ4n) is 5.70. The molecule has 2 saturated carbocycles. The molecule has 2 aromatic heterocycles. The molecule has 0 atom stereocenters. The molecule has 0 radical (unpaired) electrons. The number of carbonyl (C=O) groups is 1. The minimum Gasteiger partial charge on any atom is -0.485 e. The second-order valence-electron chi connectivity index (χ2n) is 9.68. The van der Waals surface area contributed by atoms with Crippen LogP contribution in [-0.4, -0.2) is 21.3 Å². The van der Waals surface area contributed by atoms with Crippen molar-refractivity contribution in [2.24, 2.45) is 0 Å². The normalized spacial score (nSPS) is 17.8. The lowest BCUT2D eigenvalue weighted by Crippen LogP contribution is -2.41. The van der Waals surface area contributed by atoms with Crippen molar-refractivity contribution in [1.29, 1.82) is 0 Å². The average Bonchev–Trinajstić information content (AvgIpc) is 3.24. The molecule has 33 heavy (non-hydrogen) atoms. The number of amides is 1. The molecule has 1 amide bonds. The fourth-order valence-corrected chi connectivity index (χ4v) is 5.70. The molecule has 0 bridgehead atoms. The minimum absolute atomic E-state index is 0.122. The van der Waals surface area contributed by atoms with Gasteiger partial charge < -0.3 is 4.74 Å². The second kappa shape index (κ2) is 9.98. The van der Waals surface area contributed by atoms with Crippen LogP contribution in [0.4, 0.5) is 5.82 Å². The van der Waals surface area contributed by atoms with E-state index in [-0.39, 0.29) is 11.9 Å². The van der Waals surface area contributed by atoms with Crippen LogP contribution in [0.25, 0.3) is 5.65 Å². The highest BCUT2D eigenvalue weighted by Gasteiger charge is 2.33. The second-order valence-corrected chi connectivity index (χ2v) is 9.68. The van der Waals surface area contributed by atoms with Crippen LogP contribution in [0, 0.1) is 0 Å². The Bertz CT molecular complexity index is 1080. The van der Waals surface area contributed by atoms with E-state index >= 15 is 0 Å². The SMILES string of the molecule is CC(=O)N(c1c(C2CCCCC2)nc2c(OCc3ccccc3)cccn12)C1CCCCC1. The van der Waals surface area contributed by atoms with E-state index in [1.54, 1.807) is 6.92 Å². The number of anilines is 1. The molecule has 5 nitrogen and oxygen atoms in total. The summed E-state index contributed by atoms with van der Waals surface area (Å²) < 4.78 is 8.39. The van der Waals surface area contributed by atoms with Crippen LogP contribution in [0.1, 0.15) is 88.3 Å². The van der Waals surface area contributed by atoms with Crippen LogP contribution in [0.3, 0.4) is 0 Å². The number of hydrogen-bond donors (Lipinski definition) is 0. The van der Waals surface area contributed by atoms with Gasteiger partial charge in [-0.3, -0.25) is 14.1 Å². The number of ether oxygens (including phenoxy) is 1. The summed E-state index contributed by atoms with van der Waals surface area (Å²) in [5, 5.41) is 0. The van der Waals surface area contributed by atoms with Gasteiger partial charge in [-0.15, -0.1) is 0 Å². The molecule has 2 fully saturated rings. The van der Waals surface area contributed by atoms with Crippen molar-refractivity contribution in [1.82, 2.24) is 9.38 Å². The average molecular weight is 446 g/mol. The van der Waals surface area contributed by atoms with Gasteiger partial charge in [0.25, 0.3) is 0 Å². The first-order chi connectivity index (χ1) is 16.2. The number of rotatable bonds is 6. The highest BCUT2D eigenvalue weighted by atomic mass is 16.5. The van der Waals surface area contributed by atoms with E-state index in [0.717, 1.165) is 54.2 Å². The Morgan fingerprint density at radius 3 is 2.36 bits per heavy atom. The van der Waals surface area contributed by atoms with Gasteiger partial charge in [-0.2, -0.15) is 0 Å². The van der Waals surface area contributed by atoms with Crippen LogP contribution in [0.5, 0.6) is 5.75 Å². The van der Waals surface area contributed by atoms with E-state index in [0.29, 0.717) is 12.5 Å². The van der Waals surface area contributed by atoms with Crippen LogP contribution in [0.2, 0.25) is 0 Å². The van der Waals surface area contributed by atoms with Crippen molar-refractivity contribution in [3.63, 3.8) is 0 Å². The Morgan fingerprint density at radius 2 is 1.67 bits per heavy atom. The number of nitrogens with zero attached hydrogens (tertiary/aromatic N) is 3. The molecule has 2 aliphatic rings. The first-order valence-corrected chi connectivity index (χ1v) is 12.7. The largest absolute Gasteiger partial charge is 0.485 e. The third-order valence-electron chi connectivity index (χ3n) is 7.35. The summed E-state index contributed by atoms with van der Waals surface area (Å²) in [4.78, 5) is 20.3. The summed E-state index contributed by atoms with van der Waals surface area (Å²) in [7, 11) is 0. The molecule has 0 saturated heterocycles. The Balaban J connectivity index is 1.58. The number of carbonyl (C=O) groups excluding carboxylic acids is 1. The van der Waals surface area contributed by atoms with Crippen molar-refractivity contribution in [3.8, 4) is 5.75 Å². The van der Waals surface area contributed by atoms with Crippen molar-refractivity contribution in [3.05, 3.63) is 59.9 Å². The molecule has 0 spiro atoms. The fraction of sp³-hybridized carbons (Fsp3) is 0.500. The number of hydrogen-bond acceptors (Lipinski definition) is 3. The van der Waals surface area contributed by atoms with Crippen LogP contribution in [0.15, 0.2) is 48.7 Å². The van der Waals surface area contributed by atoms with Gasteiger partial charge in [0.15, 0.2) is 11.4 Å². The summed E-state index contributed by atoms with van der Waals surface area (Å²) in [6, 6.07) is 14.5. The predicted molar refractivity (Wildman–Crippen MR) is 132 cm³/mol.